The van der Waals surface area contributed by atoms with Crippen molar-refractivity contribution in [3.63, 3.8) is 0 Å². The SMILES string of the molecule is CCOC(=O)c1ccn(-c2cccc(NC(=O)CCOCC3CCCO3)c2)n1. The van der Waals surface area contributed by atoms with Crippen LogP contribution in [0, 0.1) is 0 Å². The number of benzene rings is 1. The van der Waals surface area contributed by atoms with Crippen molar-refractivity contribution in [3.8, 4) is 5.69 Å². The van der Waals surface area contributed by atoms with Gasteiger partial charge in [0.05, 0.1) is 38.0 Å². The maximum absolute atomic E-state index is 12.1. The molecule has 150 valence electrons. The third-order valence-electron chi connectivity index (χ3n) is 4.27. The van der Waals surface area contributed by atoms with E-state index in [4.69, 9.17) is 14.2 Å². The Labute approximate surface area is 163 Å². The third kappa shape index (κ3) is 5.64. The molecular formula is C20H25N3O5. The number of carbonyl (C=O) groups excluding carboxylic acids is 2. The molecule has 0 spiro atoms. The van der Waals surface area contributed by atoms with Crippen LogP contribution in [0.25, 0.3) is 5.69 Å². The summed E-state index contributed by atoms with van der Waals surface area (Å²) in [4.78, 5) is 23.9. The summed E-state index contributed by atoms with van der Waals surface area (Å²) in [5, 5.41) is 7.06. The molecule has 3 rings (SSSR count). The Kier molecular flexibility index (Phi) is 7.16. The average molecular weight is 387 g/mol. The monoisotopic (exact) mass is 387 g/mol. The molecule has 1 amide bonds. The van der Waals surface area contributed by atoms with Gasteiger partial charge >= 0.3 is 5.97 Å². The van der Waals surface area contributed by atoms with Crippen LogP contribution in [0.3, 0.4) is 0 Å². The Balaban J connectivity index is 1.50. The van der Waals surface area contributed by atoms with Crippen LogP contribution in [-0.2, 0) is 19.0 Å². The first kappa shape index (κ1) is 20.0. The van der Waals surface area contributed by atoms with Gasteiger partial charge in [-0.05, 0) is 44.0 Å². The number of esters is 1. The van der Waals surface area contributed by atoms with E-state index in [1.165, 1.54) is 0 Å². The van der Waals surface area contributed by atoms with Gasteiger partial charge in [0, 0.05) is 18.5 Å². The van der Waals surface area contributed by atoms with Gasteiger partial charge in [-0.25, -0.2) is 9.48 Å². The van der Waals surface area contributed by atoms with Gasteiger partial charge in [0.25, 0.3) is 0 Å². The van der Waals surface area contributed by atoms with Crippen LogP contribution in [-0.4, -0.2) is 54.2 Å². The third-order valence-corrected chi connectivity index (χ3v) is 4.27. The number of hydrogen-bond acceptors (Lipinski definition) is 6. The van der Waals surface area contributed by atoms with Gasteiger partial charge in [-0.15, -0.1) is 0 Å². The number of anilines is 1. The van der Waals surface area contributed by atoms with E-state index in [9.17, 15) is 9.59 Å². The highest BCUT2D eigenvalue weighted by molar-refractivity contribution is 5.91. The highest BCUT2D eigenvalue weighted by Gasteiger charge is 2.15. The lowest BCUT2D eigenvalue weighted by Gasteiger charge is -2.10. The van der Waals surface area contributed by atoms with Crippen LogP contribution in [0.4, 0.5) is 5.69 Å². The number of ether oxygens (including phenoxy) is 3. The molecule has 0 radical (unpaired) electrons. The normalized spacial score (nSPS) is 16.1. The zero-order valence-electron chi connectivity index (χ0n) is 15.9. The van der Waals surface area contributed by atoms with E-state index in [0.717, 1.165) is 25.1 Å². The lowest BCUT2D eigenvalue weighted by molar-refractivity contribution is -0.117. The highest BCUT2D eigenvalue weighted by Crippen LogP contribution is 2.15. The number of carbonyl (C=O) groups is 2. The van der Waals surface area contributed by atoms with Gasteiger partial charge < -0.3 is 19.5 Å². The summed E-state index contributed by atoms with van der Waals surface area (Å²) in [6.07, 6.45) is 4.19. The van der Waals surface area contributed by atoms with Gasteiger partial charge in [0.2, 0.25) is 5.91 Å². The van der Waals surface area contributed by atoms with E-state index in [1.54, 1.807) is 36.0 Å². The molecule has 1 aliphatic heterocycles. The fourth-order valence-corrected chi connectivity index (χ4v) is 2.89. The summed E-state index contributed by atoms with van der Waals surface area (Å²) >= 11 is 0. The smallest absolute Gasteiger partial charge is 0.358 e. The number of hydrogen-bond donors (Lipinski definition) is 1. The Bertz CT molecular complexity index is 799. The summed E-state index contributed by atoms with van der Waals surface area (Å²) in [6.45, 7) is 3.72. The molecule has 1 N–H and O–H groups in total. The van der Waals surface area contributed by atoms with Crippen molar-refractivity contribution in [1.29, 1.82) is 0 Å². The quantitative estimate of drug-likeness (QED) is 0.525. The molecule has 8 nitrogen and oxygen atoms in total. The molecule has 1 aliphatic rings. The predicted octanol–water partition coefficient (Wildman–Crippen LogP) is 2.57. The molecule has 1 aromatic carbocycles. The first-order valence-electron chi connectivity index (χ1n) is 9.48. The Morgan fingerprint density at radius 2 is 2.25 bits per heavy atom. The summed E-state index contributed by atoms with van der Waals surface area (Å²) in [6, 6.07) is 8.82. The number of nitrogens with one attached hydrogen (secondary N) is 1. The summed E-state index contributed by atoms with van der Waals surface area (Å²) < 4.78 is 17.5. The number of amides is 1. The molecule has 1 fully saturated rings. The Morgan fingerprint density at radius 3 is 3.04 bits per heavy atom. The molecule has 0 bridgehead atoms. The second-order valence-electron chi connectivity index (χ2n) is 6.42. The van der Waals surface area contributed by atoms with Crippen molar-refractivity contribution in [2.75, 3.05) is 31.7 Å². The molecule has 1 aromatic heterocycles. The van der Waals surface area contributed by atoms with Crippen LogP contribution in [0.2, 0.25) is 0 Å². The number of aromatic nitrogens is 2. The molecule has 0 aliphatic carbocycles. The van der Waals surface area contributed by atoms with Crippen LogP contribution < -0.4 is 5.32 Å². The molecule has 1 saturated heterocycles. The van der Waals surface area contributed by atoms with Crippen molar-refractivity contribution in [2.24, 2.45) is 0 Å². The molecular weight excluding hydrogens is 362 g/mol. The van der Waals surface area contributed by atoms with Gasteiger partial charge in [-0.1, -0.05) is 6.07 Å². The molecule has 1 atom stereocenters. The molecule has 28 heavy (non-hydrogen) atoms. The van der Waals surface area contributed by atoms with E-state index in [0.29, 0.717) is 25.5 Å². The van der Waals surface area contributed by atoms with Crippen LogP contribution in [0.15, 0.2) is 36.5 Å². The largest absolute Gasteiger partial charge is 0.461 e. The summed E-state index contributed by atoms with van der Waals surface area (Å²) in [5.41, 5.74) is 1.61. The minimum Gasteiger partial charge on any atom is -0.461 e. The second kappa shape index (κ2) is 10.0. The van der Waals surface area contributed by atoms with Crippen molar-refractivity contribution in [1.82, 2.24) is 9.78 Å². The zero-order valence-corrected chi connectivity index (χ0v) is 15.9. The molecule has 0 saturated carbocycles. The predicted molar refractivity (Wildman–Crippen MR) is 103 cm³/mol. The second-order valence-corrected chi connectivity index (χ2v) is 6.42. The summed E-state index contributed by atoms with van der Waals surface area (Å²) in [5.74, 6) is -0.592. The standard InChI is InChI=1S/C20H25N3O5/c1-2-27-20(25)18-8-10-23(22-18)16-6-3-5-15(13-16)21-19(24)9-12-26-14-17-7-4-11-28-17/h3,5-6,8,10,13,17H,2,4,7,9,11-12,14H2,1H3,(H,21,24). The molecule has 2 aromatic rings. The number of rotatable bonds is 9. The van der Waals surface area contributed by atoms with E-state index in [-0.39, 0.29) is 24.1 Å². The van der Waals surface area contributed by atoms with Gasteiger partial charge in [-0.2, -0.15) is 5.10 Å². The number of nitrogens with zero attached hydrogens (tertiary/aromatic N) is 2. The van der Waals surface area contributed by atoms with Crippen molar-refractivity contribution in [3.05, 3.63) is 42.2 Å². The first-order valence-corrected chi connectivity index (χ1v) is 9.48. The Hall–Kier alpha value is -2.71. The van der Waals surface area contributed by atoms with E-state index in [2.05, 4.69) is 10.4 Å². The maximum Gasteiger partial charge on any atom is 0.358 e. The lowest BCUT2D eigenvalue weighted by Crippen LogP contribution is -2.18. The van der Waals surface area contributed by atoms with Crippen molar-refractivity contribution < 1.29 is 23.8 Å². The van der Waals surface area contributed by atoms with E-state index in [1.807, 2.05) is 12.1 Å². The van der Waals surface area contributed by atoms with Gasteiger partial charge in [0.15, 0.2) is 5.69 Å². The van der Waals surface area contributed by atoms with Crippen LogP contribution in [0.1, 0.15) is 36.7 Å². The minimum atomic E-state index is -0.464. The molecule has 2 heterocycles. The summed E-state index contributed by atoms with van der Waals surface area (Å²) in [7, 11) is 0. The van der Waals surface area contributed by atoms with Crippen molar-refractivity contribution >= 4 is 17.6 Å². The Morgan fingerprint density at radius 1 is 1.36 bits per heavy atom. The average Bonchev–Trinajstić information content (AvgIpc) is 3.38. The fraction of sp³-hybridized carbons (Fsp3) is 0.450. The lowest BCUT2D eigenvalue weighted by atomic mass is 10.2. The van der Waals surface area contributed by atoms with E-state index < -0.39 is 5.97 Å². The van der Waals surface area contributed by atoms with Crippen LogP contribution >= 0.6 is 0 Å². The van der Waals surface area contributed by atoms with Gasteiger partial charge in [0.1, 0.15) is 0 Å². The van der Waals surface area contributed by atoms with Crippen molar-refractivity contribution in [2.45, 2.75) is 32.3 Å². The van der Waals surface area contributed by atoms with E-state index >= 15 is 0 Å². The maximum atomic E-state index is 12.1. The molecule has 1 unspecified atom stereocenters. The first-order chi connectivity index (χ1) is 13.7. The topological polar surface area (TPSA) is 91.7 Å². The van der Waals surface area contributed by atoms with Gasteiger partial charge in [-0.3, -0.25) is 4.79 Å². The molecule has 8 heteroatoms. The highest BCUT2D eigenvalue weighted by atomic mass is 16.5. The fourth-order valence-electron chi connectivity index (χ4n) is 2.89. The minimum absolute atomic E-state index is 0.128. The zero-order chi connectivity index (χ0) is 19.8. The van der Waals surface area contributed by atoms with Crippen LogP contribution in [0.5, 0.6) is 0 Å².